The van der Waals surface area contributed by atoms with Crippen LogP contribution in [0.15, 0.2) is 146 Å². The molecule has 2 aliphatic heterocycles. The molecule has 0 atom stereocenters. The number of hydrogen-bond acceptors (Lipinski definition) is 4. The topological polar surface area (TPSA) is 46.8 Å². The van der Waals surface area contributed by atoms with E-state index in [0.717, 1.165) is 22.3 Å². The molecular weight excluding hydrogens is 690 g/mol. The van der Waals surface area contributed by atoms with Gasteiger partial charge in [-0.15, -0.1) is 0 Å². The van der Waals surface area contributed by atoms with Crippen LogP contribution in [0.3, 0.4) is 0 Å². The molecule has 2 saturated heterocycles. The van der Waals surface area contributed by atoms with Gasteiger partial charge in [-0.05, 0) is 115 Å². The van der Waals surface area contributed by atoms with Gasteiger partial charge in [-0.25, -0.2) is 0 Å². The average molecular weight is 739 g/mol. The summed E-state index contributed by atoms with van der Waals surface area (Å²) in [6, 6.07) is 51.3. The smallest absolute Gasteiger partial charge is 0.399 e. The second-order valence-electron chi connectivity index (χ2n) is 17.1. The van der Waals surface area contributed by atoms with Crippen LogP contribution >= 0.6 is 0 Å². The monoisotopic (exact) mass is 738 g/mol. The summed E-state index contributed by atoms with van der Waals surface area (Å²) in [6.45, 7) is 16.7. The molecule has 10 rings (SSSR count). The maximum atomic E-state index is 6.19. The molecule has 0 saturated carbocycles. The second kappa shape index (κ2) is 13.2. The van der Waals surface area contributed by atoms with Gasteiger partial charge < -0.3 is 27.8 Å². The Bertz CT molecular complexity index is 2400. The Hall–Kier alpha value is -5.11. The lowest BCUT2D eigenvalue weighted by Gasteiger charge is -2.32. The van der Waals surface area contributed by atoms with Crippen molar-refractivity contribution in [1.82, 2.24) is 9.13 Å². The van der Waals surface area contributed by atoms with Crippen LogP contribution in [0.4, 0.5) is 0 Å². The third-order valence-corrected chi connectivity index (χ3v) is 12.5. The molecular formula is C48H48B2N2O4. The minimum atomic E-state index is -0.336. The lowest BCUT2D eigenvalue weighted by Crippen LogP contribution is -2.41. The van der Waals surface area contributed by atoms with E-state index in [1.165, 1.54) is 43.6 Å². The minimum Gasteiger partial charge on any atom is -0.399 e. The molecule has 2 aromatic heterocycles. The molecule has 6 aromatic carbocycles. The number of aromatic nitrogens is 2. The average Bonchev–Trinajstić information content (AvgIpc) is 3.84. The molecule has 6 nitrogen and oxygen atoms in total. The Morgan fingerprint density at radius 2 is 0.554 bits per heavy atom. The summed E-state index contributed by atoms with van der Waals surface area (Å²) in [7, 11) is -0.672. The van der Waals surface area contributed by atoms with E-state index in [2.05, 4.69) is 210 Å². The molecule has 2 fully saturated rings. The van der Waals surface area contributed by atoms with E-state index in [1.807, 2.05) is 0 Å². The van der Waals surface area contributed by atoms with Gasteiger partial charge in [-0.2, -0.15) is 0 Å². The van der Waals surface area contributed by atoms with Crippen LogP contribution in [0.25, 0.3) is 55.0 Å². The lowest BCUT2D eigenvalue weighted by atomic mass is 9.79. The van der Waals surface area contributed by atoms with Crippen molar-refractivity contribution in [3.8, 4) is 11.4 Å². The zero-order chi connectivity index (χ0) is 39.0. The molecule has 0 N–H and O–H groups in total. The van der Waals surface area contributed by atoms with Gasteiger partial charge >= 0.3 is 14.2 Å². The van der Waals surface area contributed by atoms with E-state index in [9.17, 15) is 0 Å². The van der Waals surface area contributed by atoms with E-state index in [1.54, 1.807) is 0 Å². The zero-order valence-corrected chi connectivity index (χ0v) is 33.5. The quantitative estimate of drug-likeness (QED) is 0.169. The molecule has 0 spiro atoms. The van der Waals surface area contributed by atoms with Gasteiger partial charge in [-0.3, -0.25) is 0 Å². The molecule has 56 heavy (non-hydrogen) atoms. The van der Waals surface area contributed by atoms with Gasteiger partial charge in [-0.1, -0.05) is 97.1 Å². The maximum Gasteiger partial charge on any atom is 0.494 e. The molecule has 2 aliphatic rings. The van der Waals surface area contributed by atoms with E-state index in [4.69, 9.17) is 18.6 Å². The van der Waals surface area contributed by atoms with Crippen LogP contribution in [-0.2, 0) is 18.6 Å². The highest BCUT2D eigenvalue weighted by Crippen LogP contribution is 2.38. The van der Waals surface area contributed by atoms with E-state index >= 15 is 0 Å². The first-order valence-electron chi connectivity index (χ1n) is 19.6. The normalized spacial score (nSPS) is 18.2. The van der Waals surface area contributed by atoms with Crippen LogP contribution in [0.2, 0.25) is 0 Å². The van der Waals surface area contributed by atoms with Crippen molar-refractivity contribution >= 4 is 68.8 Å². The predicted octanol–water partition coefficient (Wildman–Crippen LogP) is 10.2. The van der Waals surface area contributed by atoms with Crippen LogP contribution in [0.5, 0.6) is 0 Å². The van der Waals surface area contributed by atoms with Crippen molar-refractivity contribution < 1.29 is 18.6 Å². The van der Waals surface area contributed by atoms with Gasteiger partial charge in [0.1, 0.15) is 0 Å². The highest BCUT2D eigenvalue weighted by molar-refractivity contribution is 6.62. The third-order valence-electron chi connectivity index (χ3n) is 12.5. The minimum absolute atomic E-state index is 0.330. The first-order valence-corrected chi connectivity index (χ1v) is 19.6. The molecule has 0 unspecified atom stereocenters. The number of para-hydroxylation sites is 4. The van der Waals surface area contributed by atoms with Gasteiger partial charge in [0.2, 0.25) is 0 Å². The summed E-state index contributed by atoms with van der Waals surface area (Å²) < 4.78 is 29.4. The van der Waals surface area contributed by atoms with Gasteiger partial charge in [0.15, 0.2) is 0 Å². The van der Waals surface area contributed by atoms with Crippen LogP contribution in [0, 0.1) is 0 Å². The van der Waals surface area contributed by atoms with Crippen molar-refractivity contribution in [3.63, 3.8) is 0 Å². The van der Waals surface area contributed by atoms with Gasteiger partial charge in [0.25, 0.3) is 0 Å². The number of hydrogen-bond donors (Lipinski definition) is 0. The maximum absolute atomic E-state index is 6.19. The fourth-order valence-electron chi connectivity index (χ4n) is 7.92. The largest absolute Gasteiger partial charge is 0.494 e. The summed E-state index contributed by atoms with van der Waals surface area (Å²) in [5.41, 5.74) is 7.90. The Labute approximate surface area is 330 Å². The number of benzene rings is 6. The molecule has 0 radical (unpaired) electrons. The highest BCUT2D eigenvalue weighted by Gasteiger charge is 2.52. The Kier molecular flexibility index (Phi) is 8.64. The summed E-state index contributed by atoms with van der Waals surface area (Å²) in [4.78, 5) is 0. The molecule has 4 heterocycles. The van der Waals surface area contributed by atoms with Crippen LogP contribution in [-0.4, -0.2) is 45.8 Å². The van der Waals surface area contributed by atoms with E-state index in [-0.39, 0.29) is 36.6 Å². The van der Waals surface area contributed by atoms with Crippen molar-refractivity contribution in [2.45, 2.75) is 77.8 Å². The highest BCUT2D eigenvalue weighted by atomic mass is 16.7. The van der Waals surface area contributed by atoms with Crippen LogP contribution < -0.4 is 10.9 Å². The first-order chi connectivity index (χ1) is 26.7. The number of rotatable bonds is 4. The second-order valence-corrected chi connectivity index (χ2v) is 17.1. The summed E-state index contributed by atoms with van der Waals surface area (Å²) >= 11 is 0. The fraction of sp³-hybridized carbons (Fsp3) is 0.250. The summed E-state index contributed by atoms with van der Waals surface area (Å²) in [5.74, 6) is 0. The summed E-state index contributed by atoms with van der Waals surface area (Å²) in [6.07, 6.45) is 0. The first kappa shape index (κ1) is 36.5. The van der Waals surface area contributed by atoms with Crippen LogP contribution in [0.1, 0.15) is 55.4 Å². The Morgan fingerprint density at radius 3 is 0.804 bits per heavy atom. The molecule has 8 aromatic rings. The zero-order valence-electron chi connectivity index (χ0n) is 33.5. The standard InChI is InChI=1S/2C24H24BNO2/c2*1-23(2)24(3,4)28-25(27-23)17-13-15-18(16-14-17)26-21-11-7-5-9-19(21)20-10-6-8-12-22(20)26/h2*5-16H,1-4H3. The van der Waals surface area contributed by atoms with Crippen molar-refractivity contribution in [3.05, 3.63) is 146 Å². The van der Waals surface area contributed by atoms with E-state index < -0.39 is 0 Å². The lowest BCUT2D eigenvalue weighted by molar-refractivity contribution is 0.00578. The molecule has 0 amide bonds. The molecule has 0 aliphatic carbocycles. The molecule has 280 valence electrons. The van der Waals surface area contributed by atoms with Gasteiger partial charge in [0, 0.05) is 32.9 Å². The Morgan fingerprint density at radius 1 is 0.321 bits per heavy atom. The Balaban J connectivity index is 0.000000146. The fourth-order valence-corrected chi connectivity index (χ4v) is 7.92. The van der Waals surface area contributed by atoms with Crippen molar-refractivity contribution in [1.29, 1.82) is 0 Å². The van der Waals surface area contributed by atoms with Crippen molar-refractivity contribution in [2.24, 2.45) is 0 Å². The third kappa shape index (κ3) is 5.98. The summed E-state index contributed by atoms with van der Waals surface area (Å²) in [5, 5.41) is 5.09. The van der Waals surface area contributed by atoms with Crippen molar-refractivity contribution in [2.75, 3.05) is 0 Å². The molecule has 8 heteroatoms. The number of fused-ring (bicyclic) bond motifs is 6. The van der Waals surface area contributed by atoms with E-state index in [0.29, 0.717) is 0 Å². The number of nitrogens with zero attached hydrogens (tertiary/aromatic N) is 2. The molecule has 0 bridgehead atoms. The SMILES string of the molecule is CC1(C)OB(c2ccc(-n3c4ccccc4c4ccccc43)cc2)OC1(C)C.CC1(C)OB(c2ccc(-n3c4ccccc4c4ccccc43)cc2)OC1(C)C. The predicted molar refractivity (Wildman–Crippen MR) is 233 cm³/mol. The van der Waals surface area contributed by atoms with Gasteiger partial charge in [0.05, 0.1) is 44.5 Å².